The Bertz CT molecular complexity index is 617. The van der Waals surface area contributed by atoms with Crippen molar-refractivity contribution >= 4 is 11.6 Å². The number of anilines is 1. The zero-order valence-corrected chi connectivity index (χ0v) is 15.2. The van der Waals surface area contributed by atoms with Gasteiger partial charge in [-0.05, 0) is 49.3 Å². The van der Waals surface area contributed by atoms with Crippen molar-refractivity contribution in [2.75, 3.05) is 38.1 Å². The van der Waals surface area contributed by atoms with E-state index in [4.69, 9.17) is 4.74 Å². The lowest BCUT2D eigenvalue weighted by atomic mass is 9.86. The number of carbonyl (C=O) groups excluding carboxylic acids is 1. The van der Waals surface area contributed by atoms with Gasteiger partial charge in [-0.1, -0.05) is 13.0 Å². The largest absolute Gasteiger partial charge is 0.482 e. The Morgan fingerprint density at radius 1 is 1.12 bits per heavy atom. The Kier molecular flexibility index (Phi) is 4.95. The van der Waals surface area contributed by atoms with Crippen molar-refractivity contribution in [1.29, 1.82) is 0 Å². The third-order valence-electron chi connectivity index (χ3n) is 5.99. The zero-order valence-electron chi connectivity index (χ0n) is 15.2. The summed E-state index contributed by atoms with van der Waals surface area (Å²) in [5, 5.41) is 2.90. The summed E-state index contributed by atoms with van der Waals surface area (Å²) in [6.07, 6.45) is 5.55. The van der Waals surface area contributed by atoms with Crippen molar-refractivity contribution in [2.45, 2.75) is 45.2 Å². The Morgan fingerprint density at radius 2 is 1.88 bits per heavy atom. The summed E-state index contributed by atoms with van der Waals surface area (Å²) in [6.45, 7) is 8.08. The van der Waals surface area contributed by atoms with Crippen LogP contribution in [0.1, 0.15) is 38.2 Å². The molecular formula is C20H29N3O2. The van der Waals surface area contributed by atoms with Crippen molar-refractivity contribution < 1.29 is 9.53 Å². The Hall–Kier alpha value is -1.59. The number of hydrogen-bond donors (Lipinski definition) is 1. The summed E-state index contributed by atoms with van der Waals surface area (Å²) < 4.78 is 5.44. The van der Waals surface area contributed by atoms with Gasteiger partial charge < -0.3 is 10.1 Å². The Labute approximate surface area is 150 Å². The second kappa shape index (κ2) is 7.34. The fraction of sp³-hybridized carbons (Fsp3) is 0.650. The number of benzene rings is 1. The van der Waals surface area contributed by atoms with Crippen molar-refractivity contribution in [3.8, 4) is 5.75 Å². The molecule has 1 saturated heterocycles. The molecule has 136 valence electrons. The lowest BCUT2D eigenvalue weighted by molar-refractivity contribution is -0.118. The van der Waals surface area contributed by atoms with E-state index in [1.165, 1.54) is 44.3 Å². The van der Waals surface area contributed by atoms with Crippen LogP contribution >= 0.6 is 0 Å². The molecule has 1 saturated carbocycles. The number of carbonyl (C=O) groups is 1. The molecule has 1 N–H and O–H groups in total. The monoisotopic (exact) mass is 343 g/mol. The minimum atomic E-state index is -0.0694. The van der Waals surface area contributed by atoms with Crippen LogP contribution in [0, 0.1) is 5.92 Å². The topological polar surface area (TPSA) is 44.8 Å². The van der Waals surface area contributed by atoms with E-state index in [2.05, 4.69) is 34.2 Å². The number of piperazine rings is 1. The third kappa shape index (κ3) is 3.98. The zero-order chi connectivity index (χ0) is 17.2. The molecule has 25 heavy (non-hydrogen) atoms. The molecular weight excluding hydrogens is 314 g/mol. The highest BCUT2D eigenvalue weighted by Gasteiger charge is 2.27. The first kappa shape index (κ1) is 16.9. The van der Waals surface area contributed by atoms with Crippen LogP contribution in [-0.4, -0.2) is 54.5 Å². The molecule has 0 atom stereocenters. The standard InChI is InChI=1S/C20H29N3O2/c1-15-2-5-17(6-3-15)23-10-8-22(9-11-23)13-16-4-7-19-18(12-16)21-20(24)14-25-19/h4,7,12,15,17H,2-3,5-6,8-11,13-14H2,1H3,(H,21,24). The smallest absolute Gasteiger partial charge is 0.262 e. The van der Waals surface area contributed by atoms with Gasteiger partial charge in [-0.3, -0.25) is 14.6 Å². The van der Waals surface area contributed by atoms with E-state index in [-0.39, 0.29) is 12.5 Å². The second-order valence-electron chi connectivity index (χ2n) is 7.89. The van der Waals surface area contributed by atoms with Gasteiger partial charge in [0.05, 0.1) is 5.69 Å². The number of amides is 1. The summed E-state index contributed by atoms with van der Waals surface area (Å²) >= 11 is 0. The maximum atomic E-state index is 11.5. The van der Waals surface area contributed by atoms with E-state index in [9.17, 15) is 4.79 Å². The van der Waals surface area contributed by atoms with E-state index in [0.717, 1.165) is 43.0 Å². The van der Waals surface area contributed by atoms with Crippen LogP contribution in [0.25, 0.3) is 0 Å². The van der Waals surface area contributed by atoms with Gasteiger partial charge in [-0.25, -0.2) is 0 Å². The molecule has 1 aromatic carbocycles. The lowest BCUT2D eigenvalue weighted by Crippen LogP contribution is -2.50. The normalized spacial score (nSPS) is 28.1. The number of rotatable bonds is 3. The van der Waals surface area contributed by atoms with Crippen LogP contribution < -0.4 is 10.1 Å². The molecule has 0 aromatic heterocycles. The van der Waals surface area contributed by atoms with Crippen LogP contribution in [0.2, 0.25) is 0 Å². The molecule has 0 spiro atoms. The molecule has 0 unspecified atom stereocenters. The van der Waals surface area contributed by atoms with E-state index >= 15 is 0 Å². The minimum Gasteiger partial charge on any atom is -0.482 e. The van der Waals surface area contributed by atoms with Crippen LogP contribution in [0.3, 0.4) is 0 Å². The SMILES string of the molecule is CC1CCC(N2CCN(Cc3ccc4c(c3)NC(=O)CO4)CC2)CC1. The van der Waals surface area contributed by atoms with Crippen LogP contribution in [0.15, 0.2) is 18.2 Å². The molecule has 0 radical (unpaired) electrons. The molecule has 2 aliphatic heterocycles. The minimum absolute atomic E-state index is 0.0694. The maximum Gasteiger partial charge on any atom is 0.262 e. The van der Waals surface area contributed by atoms with E-state index in [1.54, 1.807) is 0 Å². The highest BCUT2D eigenvalue weighted by atomic mass is 16.5. The van der Waals surface area contributed by atoms with Gasteiger partial charge in [0, 0.05) is 38.8 Å². The fourth-order valence-electron chi connectivity index (χ4n) is 4.38. The maximum absolute atomic E-state index is 11.5. The van der Waals surface area contributed by atoms with E-state index in [0.29, 0.717) is 0 Å². The average molecular weight is 343 g/mol. The van der Waals surface area contributed by atoms with Crippen LogP contribution in [0.5, 0.6) is 5.75 Å². The molecule has 1 aromatic rings. The highest BCUT2D eigenvalue weighted by molar-refractivity contribution is 5.95. The number of hydrogen-bond acceptors (Lipinski definition) is 4. The van der Waals surface area contributed by atoms with Crippen molar-refractivity contribution in [3.05, 3.63) is 23.8 Å². The van der Waals surface area contributed by atoms with Gasteiger partial charge >= 0.3 is 0 Å². The van der Waals surface area contributed by atoms with Gasteiger partial charge in [0.25, 0.3) is 5.91 Å². The van der Waals surface area contributed by atoms with Gasteiger partial charge in [0.1, 0.15) is 5.75 Å². The van der Waals surface area contributed by atoms with Crippen LogP contribution in [0.4, 0.5) is 5.69 Å². The highest BCUT2D eigenvalue weighted by Crippen LogP contribution is 2.30. The van der Waals surface area contributed by atoms with Crippen molar-refractivity contribution in [1.82, 2.24) is 9.80 Å². The summed E-state index contributed by atoms with van der Waals surface area (Å²) in [5.41, 5.74) is 2.05. The summed E-state index contributed by atoms with van der Waals surface area (Å²) in [7, 11) is 0. The predicted octanol–water partition coefficient (Wildman–Crippen LogP) is 2.71. The van der Waals surface area contributed by atoms with E-state index in [1.807, 2.05) is 6.07 Å². The van der Waals surface area contributed by atoms with Crippen molar-refractivity contribution in [3.63, 3.8) is 0 Å². The van der Waals surface area contributed by atoms with Gasteiger partial charge in [-0.2, -0.15) is 0 Å². The average Bonchev–Trinajstić information content (AvgIpc) is 2.63. The van der Waals surface area contributed by atoms with Crippen molar-refractivity contribution in [2.24, 2.45) is 5.92 Å². The number of nitrogens with zero attached hydrogens (tertiary/aromatic N) is 2. The first-order valence-electron chi connectivity index (χ1n) is 9.69. The number of fused-ring (bicyclic) bond motifs is 1. The first-order chi connectivity index (χ1) is 12.2. The molecule has 1 amide bonds. The first-order valence-corrected chi connectivity index (χ1v) is 9.69. The summed E-state index contributed by atoms with van der Waals surface area (Å²) in [5.74, 6) is 1.63. The molecule has 1 aliphatic carbocycles. The summed E-state index contributed by atoms with van der Waals surface area (Å²) in [4.78, 5) is 16.7. The molecule has 5 nitrogen and oxygen atoms in total. The predicted molar refractivity (Wildman–Crippen MR) is 98.8 cm³/mol. The number of ether oxygens (including phenoxy) is 1. The second-order valence-corrected chi connectivity index (χ2v) is 7.89. The Morgan fingerprint density at radius 3 is 2.64 bits per heavy atom. The van der Waals surface area contributed by atoms with Crippen LogP contribution in [-0.2, 0) is 11.3 Å². The van der Waals surface area contributed by atoms with Gasteiger partial charge in [0.2, 0.25) is 0 Å². The quantitative estimate of drug-likeness (QED) is 0.917. The molecule has 3 aliphatic rings. The van der Waals surface area contributed by atoms with E-state index < -0.39 is 0 Å². The fourth-order valence-corrected chi connectivity index (χ4v) is 4.38. The Balaban J connectivity index is 1.30. The summed E-state index contributed by atoms with van der Waals surface area (Å²) in [6, 6.07) is 6.96. The molecule has 5 heteroatoms. The lowest BCUT2D eigenvalue weighted by Gasteiger charge is -2.41. The van der Waals surface area contributed by atoms with Gasteiger partial charge in [-0.15, -0.1) is 0 Å². The molecule has 0 bridgehead atoms. The third-order valence-corrected chi connectivity index (χ3v) is 5.99. The van der Waals surface area contributed by atoms with Gasteiger partial charge in [0.15, 0.2) is 6.61 Å². The number of nitrogens with one attached hydrogen (secondary N) is 1. The molecule has 2 fully saturated rings. The molecule has 4 rings (SSSR count). The molecule has 2 heterocycles.